The monoisotopic (exact) mass is 222 g/mol. The predicted octanol–water partition coefficient (Wildman–Crippen LogP) is 1.80. The zero-order valence-electron chi connectivity index (χ0n) is 9.62. The third kappa shape index (κ3) is 3.87. The van der Waals surface area contributed by atoms with Crippen molar-refractivity contribution < 1.29 is 9.53 Å². The van der Waals surface area contributed by atoms with Crippen molar-refractivity contribution in [2.45, 2.75) is 31.9 Å². The van der Waals surface area contributed by atoms with E-state index in [0.717, 1.165) is 22.7 Å². The Hall–Kier alpha value is -1.09. The van der Waals surface area contributed by atoms with Gasteiger partial charge in [-0.3, -0.25) is 0 Å². The van der Waals surface area contributed by atoms with Crippen molar-refractivity contribution in [1.82, 2.24) is 0 Å². The fourth-order valence-electron chi connectivity index (χ4n) is 1.54. The normalized spacial score (nSPS) is 11.3. The fourth-order valence-corrected chi connectivity index (χ4v) is 2.74. The summed E-state index contributed by atoms with van der Waals surface area (Å²) in [4.78, 5) is 11.7. The third-order valence-corrected chi connectivity index (χ3v) is 2.73. The molecule has 0 bridgehead atoms. The number of rotatable bonds is 4. The van der Waals surface area contributed by atoms with Gasteiger partial charge in [-0.25, -0.2) is 4.79 Å². The molecule has 1 rings (SSSR count). The first-order valence-corrected chi connectivity index (χ1v) is 6.75. The highest BCUT2D eigenvalue weighted by atomic mass is 28.1. The molecule has 3 heteroatoms. The molecule has 15 heavy (non-hydrogen) atoms. The predicted molar refractivity (Wildman–Crippen MR) is 65.3 cm³/mol. The van der Waals surface area contributed by atoms with Crippen LogP contribution in [-0.4, -0.2) is 21.8 Å². The zero-order valence-corrected chi connectivity index (χ0v) is 11.6. The lowest BCUT2D eigenvalue weighted by Gasteiger charge is -2.24. The van der Waals surface area contributed by atoms with Crippen LogP contribution in [0.1, 0.15) is 30.6 Å². The van der Waals surface area contributed by atoms with Crippen molar-refractivity contribution in [2.24, 2.45) is 0 Å². The van der Waals surface area contributed by atoms with Crippen LogP contribution in [0.25, 0.3) is 0 Å². The maximum absolute atomic E-state index is 11.7. The van der Waals surface area contributed by atoms with Gasteiger partial charge in [-0.15, -0.1) is 0 Å². The first kappa shape index (κ1) is 12.0. The molecule has 0 N–H and O–H groups in total. The largest absolute Gasteiger partial charge is 0.456 e. The third-order valence-electron chi connectivity index (χ3n) is 2.23. The van der Waals surface area contributed by atoms with Gasteiger partial charge in [-0.1, -0.05) is 24.2 Å². The molecule has 0 fully saturated rings. The van der Waals surface area contributed by atoms with Crippen molar-refractivity contribution in [3.63, 3.8) is 0 Å². The number of esters is 1. The van der Waals surface area contributed by atoms with E-state index in [9.17, 15) is 4.79 Å². The van der Waals surface area contributed by atoms with Gasteiger partial charge < -0.3 is 4.74 Å². The Labute approximate surface area is 94.1 Å². The van der Waals surface area contributed by atoms with E-state index in [2.05, 4.69) is 0 Å². The first-order valence-electron chi connectivity index (χ1n) is 5.33. The zero-order chi connectivity index (χ0) is 11.3. The number of carbonyl (C=O) groups is 1. The number of hydrogen-bond acceptors (Lipinski definition) is 2. The summed E-state index contributed by atoms with van der Waals surface area (Å²) < 4.78 is 5.45. The van der Waals surface area contributed by atoms with E-state index in [1.807, 2.05) is 32.0 Å². The Bertz CT molecular complexity index is 320. The molecule has 0 aromatic heterocycles. The van der Waals surface area contributed by atoms with Gasteiger partial charge >= 0.3 is 5.97 Å². The minimum atomic E-state index is -0.339. The smallest absolute Gasteiger partial charge is 0.338 e. The highest BCUT2D eigenvalue weighted by molar-refractivity contribution is 6.08. The molecule has 0 radical (unpaired) electrons. The lowest BCUT2D eigenvalue weighted by Crippen LogP contribution is -2.27. The Morgan fingerprint density at radius 1 is 1.33 bits per heavy atom. The second-order valence-electron chi connectivity index (χ2n) is 4.27. The summed E-state index contributed by atoms with van der Waals surface area (Å²) in [5.41, 5.74) is 0.285. The molecular weight excluding hydrogens is 204 g/mol. The van der Waals surface area contributed by atoms with Crippen LogP contribution in [0.4, 0.5) is 0 Å². The summed E-state index contributed by atoms with van der Waals surface area (Å²) in [5.74, 6) is -0.226. The molecule has 1 aromatic rings. The molecule has 2 nitrogen and oxygen atoms in total. The van der Waals surface area contributed by atoms with Crippen LogP contribution in [0.5, 0.6) is 0 Å². The SMILES string of the molecule is CC(C)(CC[SiH3])OC(=O)c1ccccc1. The molecule has 0 aliphatic heterocycles. The highest BCUT2D eigenvalue weighted by Crippen LogP contribution is 2.18. The van der Waals surface area contributed by atoms with Crippen molar-refractivity contribution in [3.05, 3.63) is 35.9 Å². The van der Waals surface area contributed by atoms with E-state index in [4.69, 9.17) is 4.74 Å². The maximum atomic E-state index is 11.7. The van der Waals surface area contributed by atoms with E-state index in [1.54, 1.807) is 12.1 Å². The van der Waals surface area contributed by atoms with Gasteiger partial charge in [0.1, 0.15) is 5.60 Å². The van der Waals surface area contributed by atoms with Gasteiger partial charge in [0.2, 0.25) is 0 Å². The standard InChI is InChI=1S/C12H18O2Si/c1-12(2,8-9-15)14-11(13)10-6-4-3-5-7-10/h3-7H,8-9H2,1-2,15H3. The van der Waals surface area contributed by atoms with Gasteiger partial charge in [-0.2, -0.15) is 0 Å². The summed E-state index contributed by atoms with van der Waals surface area (Å²) >= 11 is 0. The summed E-state index contributed by atoms with van der Waals surface area (Å²) in [6.45, 7) is 3.93. The van der Waals surface area contributed by atoms with Crippen LogP contribution in [0.3, 0.4) is 0 Å². The van der Waals surface area contributed by atoms with Crippen molar-refractivity contribution >= 4 is 16.2 Å². The quantitative estimate of drug-likeness (QED) is 0.573. The van der Waals surface area contributed by atoms with Crippen LogP contribution >= 0.6 is 0 Å². The second-order valence-corrected chi connectivity index (χ2v) is 5.27. The molecule has 0 saturated carbocycles. The second kappa shape index (κ2) is 5.12. The molecule has 0 aliphatic carbocycles. The number of ether oxygens (including phenoxy) is 1. The van der Waals surface area contributed by atoms with Crippen LogP contribution < -0.4 is 0 Å². The van der Waals surface area contributed by atoms with Crippen molar-refractivity contribution in [2.75, 3.05) is 0 Å². The summed E-state index contributed by atoms with van der Waals surface area (Å²) in [5, 5.41) is 0. The van der Waals surface area contributed by atoms with E-state index < -0.39 is 0 Å². The Balaban J connectivity index is 2.64. The number of carbonyl (C=O) groups excluding carboxylic acids is 1. The van der Waals surface area contributed by atoms with Gasteiger partial charge in [0.25, 0.3) is 0 Å². The van der Waals surface area contributed by atoms with Crippen LogP contribution in [0, 0.1) is 0 Å². The summed E-state index contributed by atoms with van der Waals surface area (Å²) in [7, 11) is 1.15. The van der Waals surface area contributed by atoms with Crippen molar-refractivity contribution in [3.8, 4) is 0 Å². The van der Waals surface area contributed by atoms with E-state index in [1.165, 1.54) is 0 Å². The minimum Gasteiger partial charge on any atom is -0.456 e. The van der Waals surface area contributed by atoms with Crippen molar-refractivity contribution in [1.29, 1.82) is 0 Å². The molecule has 0 atom stereocenters. The van der Waals surface area contributed by atoms with Gasteiger partial charge in [-0.05, 0) is 32.4 Å². The van der Waals surface area contributed by atoms with Gasteiger partial charge in [0.15, 0.2) is 0 Å². The van der Waals surface area contributed by atoms with Gasteiger partial charge in [0, 0.05) is 10.2 Å². The Morgan fingerprint density at radius 2 is 1.93 bits per heavy atom. The van der Waals surface area contributed by atoms with E-state index in [0.29, 0.717) is 5.56 Å². The summed E-state index contributed by atoms with van der Waals surface area (Å²) in [6, 6.07) is 10.3. The Morgan fingerprint density at radius 3 is 2.47 bits per heavy atom. The summed E-state index contributed by atoms with van der Waals surface area (Å²) in [6.07, 6.45) is 0.942. The molecule has 82 valence electrons. The average molecular weight is 222 g/mol. The maximum Gasteiger partial charge on any atom is 0.338 e. The molecule has 0 amide bonds. The highest BCUT2D eigenvalue weighted by Gasteiger charge is 2.22. The topological polar surface area (TPSA) is 26.3 Å². The number of hydrogen-bond donors (Lipinski definition) is 0. The molecule has 0 unspecified atom stereocenters. The molecule has 1 aromatic carbocycles. The average Bonchev–Trinajstić information content (AvgIpc) is 2.18. The fraction of sp³-hybridized carbons (Fsp3) is 0.417. The molecule has 0 spiro atoms. The molecule has 0 saturated heterocycles. The van der Waals surface area contributed by atoms with Crippen LogP contribution in [-0.2, 0) is 4.74 Å². The van der Waals surface area contributed by atoms with Crippen LogP contribution in [0.15, 0.2) is 30.3 Å². The Kier molecular flexibility index (Phi) is 4.09. The first-order chi connectivity index (χ1) is 7.05. The van der Waals surface area contributed by atoms with Crippen LogP contribution in [0.2, 0.25) is 6.04 Å². The van der Waals surface area contributed by atoms with Gasteiger partial charge in [0.05, 0.1) is 5.56 Å². The van der Waals surface area contributed by atoms with E-state index in [-0.39, 0.29) is 11.6 Å². The van der Waals surface area contributed by atoms with E-state index >= 15 is 0 Å². The molecule has 0 heterocycles. The lowest BCUT2D eigenvalue weighted by molar-refractivity contribution is -0.00232. The lowest BCUT2D eigenvalue weighted by atomic mass is 10.1. The molecular formula is C12H18O2Si. The minimum absolute atomic E-state index is 0.226. The molecule has 0 aliphatic rings. The number of benzene rings is 1.